The van der Waals surface area contributed by atoms with Crippen LogP contribution in [0.3, 0.4) is 0 Å². The van der Waals surface area contributed by atoms with Crippen LogP contribution in [0.4, 0.5) is 4.79 Å². The minimum Gasteiger partial charge on any atom is -0.480 e. The number of carboxylic acids is 1. The van der Waals surface area contributed by atoms with Crippen molar-refractivity contribution in [3.8, 4) is 0 Å². The van der Waals surface area contributed by atoms with Crippen molar-refractivity contribution in [1.82, 2.24) is 10.2 Å². The number of amides is 2. The van der Waals surface area contributed by atoms with Crippen molar-refractivity contribution in [2.75, 3.05) is 20.2 Å². The molecule has 1 rings (SSSR count). The first-order valence-electron chi connectivity index (χ1n) is 6.32. The van der Waals surface area contributed by atoms with Crippen molar-refractivity contribution in [2.45, 2.75) is 37.8 Å². The van der Waals surface area contributed by atoms with E-state index in [0.29, 0.717) is 13.0 Å². The molecule has 3 N–H and O–H groups in total. The van der Waals surface area contributed by atoms with Gasteiger partial charge in [-0.05, 0) is 19.8 Å². The van der Waals surface area contributed by atoms with Crippen molar-refractivity contribution >= 4 is 18.0 Å². The summed E-state index contributed by atoms with van der Waals surface area (Å²) in [5.41, 5.74) is -0.942. The van der Waals surface area contributed by atoms with Crippen LogP contribution in [0.1, 0.15) is 26.2 Å². The van der Waals surface area contributed by atoms with Crippen LogP contribution >= 0.6 is 0 Å². The van der Waals surface area contributed by atoms with Gasteiger partial charge in [0.2, 0.25) is 0 Å². The van der Waals surface area contributed by atoms with Gasteiger partial charge in [-0.1, -0.05) is 0 Å². The molecule has 8 heteroatoms. The Hall–Kier alpha value is -1.83. The molecular weight excluding hydrogens is 268 g/mol. The molecular formula is C12H20N2O6. The second-order valence-electron chi connectivity index (χ2n) is 5.12. The zero-order valence-electron chi connectivity index (χ0n) is 11.6. The highest BCUT2D eigenvalue weighted by atomic mass is 16.5. The number of carbonyl (C=O) groups excluding carboxylic acids is 2. The van der Waals surface area contributed by atoms with Crippen LogP contribution < -0.4 is 5.32 Å². The van der Waals surface area contributed by atoms with E-state index < -0.39 is 29.6 Å². The minimum atomic E-state index is -1.21. The third kappa shape index (κ3) is 4.69. The zero-order valence-corrected chi connectivity index (χ0v) is 11.6. The predicted octanol–water partition coefficient (Wildman–Crippen LogP) is -0.441. The van der Waals surface area contributed by atoms with Gasteiger partial charge in [-0.25, -0.2) is 9.59 Å². The van der Waals surface area contributed by atoms with Crippen molar-refractivity contribution in [2.24, 2.45) is 0 Å². The lowest BCUT2D eigenvalue weighted by Crippen LogP contribution is -2.48. The molecule has 2 atom stereocenters. The molecule has 2 amide bonds. The average molecular weight is 288 g/mol. The van der Waals surface area contributed by atoms with Gasteiger partial charge >= 0.3 is 18.0 Å². The highest BCUT2D eigenvalue weighted by molar-refractivity contribution is 5.83. The summed E-state index contributed by atoms with van der Waals surface area (Å²) in [6.07, 6.45) is 0.309. The predicted molar refractivity (Wildman–Crippen MR) is 68.0 cm³/mol. The highest BCUT2D eigenvalue weighted by Gasteiger charge is 2.35. The molecule has 1 fully saturated rings. The zero-order chi connectivity index (χ0) is 15.3. The number of carboxylic acid groups (broad SMARTS) is 1. The Morgan fingerprint density at radius 2 is 2.10 bits per heavy atom. The Labute approximate surface area is 116 Å². The fourth-order valence-corrected chi connectivity index (χ4v) is 1.98. The van der Waals surface area contributed by atoms with Crippen LogP contribution in [0.5, 0.6) is 0 Å². The maximum Gasteiger partial charge on any atom is 0.326 e. The lowest BCUT2D eigenvalue weighted by Gasteiger charge is -2.22. The van der Waals surface area contributed by atoms with E-state index in [1.54, 1.807) is 6.92 Å². The molecule has 1 heterocycles. The van der Waals surface area contributed by atoms with Gasteiger partial charge in [0.1, 0.15) is 6.04 Å². The normalized spacial score (nSPS) is 23.2. The molecule has 0 aromatic rings. The smallest absolute Gasteiger partial charge is 0.326 e. The number of likely N-dealkylation sites (tertiary alicyclic amines) is 1. The second-order valence-corrected chi connectivity index (χ2v) is 5.12. The number of ether oxygens (including phenoxy) is 1. The standard InChI is InChI=1S/C12H20N2O6/c1-12(19)5-6-14(7-12)11(18)13-8(10(16)17)3-4-9(15)20-2/h8,19H,3-7H2,1-2H3,(H,13,18)(H,16,17)/t8-,12?/m1/s1. The minimum absolute atomic E-state index is 0.0437. The lowest BCUT2D eigenvalue weighted by molar-refractivity contribution is -0.142. The molecule has 0 aliphatic carbocycles. The summed E-state index contributed by atoms with van der Waals surface area (Å²) < 4.78 is 4.42. The van der Waals surface area contributed by atoms with Crippen LogP contribution in [0, 0.1) is 0 Å². The number of nitrogens with one attached hydrogen (secondary N) is 1. The van der Waals surface area contributed by atoms with E-state index in [2.05, 4.69) is 10.1 Å². The van der Waals surface area contributed by atoms with Gasteiger partial charge in [0.15, 0.2) is 0 Å². The maximum atomic E-state index is 11.9. The van der Waals surface area contributed by atoms with Crippen molar-refractivity contribution in [3.63, 3.8) is 0 Å². The number of rotatable bonds is 5. The van der Waals surface area contributed by atoms with Crippen LogP contribution in [0.25, 0.3) is 0 Å². The van der Waals surface area contributed by atoms with Gasteiger partial charge in [-0.2, -0.15) is 0 Å². The number of hydrogen-bond acceptors (Lipinski definition) is 5. The molecule has 20 heavy (non-hydrogen) atoms. The van der Waals surface area contributed by atoms with E-state index in [4.69, 9.17) is 5.11 Å². The number of urea groups is 1. The first-order valence-corrected chi connectivity index (χ1v) is 6.32. The molecule has 114 valence electrons. The molecule has 0 aromatic heterocycles. The number of aliphatic hydroxyl groups is 1. The number of aliphatic carboxylic acids is 1. The molecule has 1 aliphatic heterocycles. The Balaban J connectivity index is 2.51. The Kier molecular flexibility index (Phi) is 5.32. The summed E-state index contributed by atoms with van der Waals surface area (Å²) in [5, 5.41) is 21.1. The Morgan fingerprint density at radius 1 is 1.45 bits per heavy atom. The molecule has 0 radical (unpaired) electrons. The first-order chi connectivity index (χ1) is 9.25. The summed E-state index contributed by atoms with van der Waals surface area (Å²) in [6, 6.07) is -1.72. The Bertz CT molecular complexity index is 395. The largest absolute Gasteiger partial charge is 0.480 e. The fourth-order valence-electron chi connectivity index (χ4n) is 1.98. The molecule has 0 spiro atoms. The number of carbonyl (C=O) groups is 3. The second kappa shape index (κ2) is 6.56. The third-order valence-corrected chi connectivity index (χ3v) is 3.20. The SMILES string of the molecule is COC(=O)CC[C@@H](NC(=O)N1CCC(C)(O)C1)C(=O)O. The summed E-state index contributed by atoms with van der Waals surface area (Å²) in [7, 11) is 1.21. The van der Waals surface area contributed by atoms with E-state index in [9.17, 15) is 19.5 Å². The van der Waals surface area contributed by atoms with Crippen molar-refractivity contribution < 1.29 is 29.3 Å². The molecule has 0 saturated carbocycles. The van der Waals surface area contributed by atoms with Crippen molar-refractivity contribution in [1.29, 1.82) is 0 Å². The average Bonchev–Trinajstić information content (AvgIpc) is 2.73. The highest BCUT2D eigenvalue weighted by Crippen LogP contribution is 2.20. The number of esters is 1. The maximum absolute atomic E-state index is 11.9. The van der Waals surface area contributed by atoms with Gasteiger partial charge in [0, 0.05) is 13.0 Å². The molecule has 0 bridgehead atoms. The monoisotopic (exact) mass is 288 g/mol. The van der Waals surface area contributed by atoms with Gasteiger partial charge in [-0.15, -0.1) is 0 Å². The van der Waals surface area contributed by atoms with Gasteiger partial charge in [0.25, 0.3) is 0 Å². The van der Waals surface area contributed by atoms with Crippen LogP contribution in [-0.4, -0.2) is 64.9 Å². The quantitative estimate of drug-likeness (QED) is 0.590. The van der Waals surface area contributed by atoms with E-state index in [0.717, 1.165) is 0 Å². The number of methoxy groups -OCH3 is 1. The number of β-amino-alcohol motifs (C(OH)–C–C–N with tert-alkyl or cyclic N) is 1. The summed E-state index contributed by atoms with van der Waals surface area (Å²) in [6.45, 7) is 2.14. The Morgan fingerprint density at radius 3 is 2.55 bits per heavy atom. The van der Waals surface area contributed by atoms with Crippen molar-refractivity contribution in [3.05, 3.63) is 0 Å². The molecule has 1 saturated heterocycles. The van der Waals surface area contributed by atoms with E-state index in [1.807, 2.05) is 0 Å². The first kappa shape index (κ1) is 16.2. The van der Waals surface area contributed by atoms with Gasteiger partial charge < -0.3 is 25.2 Å². The van der Waals surface area contributed by atoms with Crippen LogP contribution in [0.15, 0.2) is 0 Å². The molecule has 8 nitrogen and oxygen atoms in total. The lowest BCUT2D eigenvalue weighted by atomic mass is 10.1. The molecule has 0 aromatic carbocycles. The van der Waals surface area contributed by atoms with Gasteiger partial charge in [0.05, 0.1) is 19.3 Å². The molecule has 1 aliphatic rings. The van der Waals surface area contributed by atoms with Crippen LogP contribution in [0.2, 0.25) is 0 Å². The number of nitrogens with zero attached hydrogens (tertiary/aromatic N) is 1. The molecule has 1 unspecified atom stereocenters. The number of hydrogen-bond donors (Lipinski definition) is 3. The summed E-state index contributed by atoms with van der Waals surface area (Å²) in [5.74, 6) is -1.75. The van der Waals surface area contributed by atoms with E-state index in [-0.39, 0.29) is 19.4 Å². The van der Waals surface area contributed by atoms with E-state index in [1.165, 1.54) is 12.0 Å². The van der Waals surface area contributed by atoms with Crippen LogP contribution in [-0.2, 0) is 14.3 Å². The van der Waals surface area contributed by atoms with Gasteiger partial charge in [-0.3, -0.25) is 4.79 Å². The summed E-state index contributed by atoms with van der Waals surface area (Å²) >= 11 is 0. The fraction of sp³-hybridized carbons (Fsp3) is 0.750. The van der Waals surface area contributed by atoms with E-state index >= 15 is 0 Å². The third-order valence-electron chi connectivity index (χ3n) is 3.20. The summed E-state index contributed by atoms with van der Waals surface area (Å²) in [4.78, 5) is 35.3. The topological polar surface area (TPSA) is 116 Å².